The molecule has 0 heterocycles. The number of anilines is 2. The number of ether oxygens (including phenoxy) is 1. The van der Waals surface area contributed by atoms with Crippen molar-refractivity contribution < 1.29 is 14.6 Å². The van der Waals surface area contributed by atoms with E-state index in [1.54, 1.807) is 43.3 Å². The third kappa shape index (κ3) is 3.32. The standard InChI is InChI=1S/C16H18N2O3/c1-10(19)12-5-3-4-6-14(12)18-16(20)13-8-7-11(17)9-15(13)21-2/h3-10,19H,17H2,1-2H3,(H,18,20). The normalized spacial score (nSPS) is 11.8. The van der Waals surface area contributed by atoms with Crippen LogP contribution in [-0.4, -0.2) is 18.1 Å². The van der Waals surface area contributed by atoms with E-state index < -0.39 is 6.10 Å². The maximum atomic E-state index is 12.4. The van der Waals surface area contributed by atoms with Crippen molar-refractivity contribution in [1.82, 2.24) is 0 Å². The van der Waals surface area contributed by atoms with Crippen LogP contribution in [0.15, 0.2) is 42.5 Å². The van der Waals surface area contributed by atoms with Gasteiger partial charge in [0, 0.05) is 23.0 Å². The summed E-state index contributed by atoms with van der Waals surface area (Å²) < 4.78 is 5.17. The Morgan fingerprint density at radius 2 is 2.00 bits per heavy atom. The maximum absolute atomic E-state index is 12.4. The number of benzene rings is 2. The fraction of sp³-hybridized carbons (Fsp3) is 0.188. The third-order valence-corrected chi connectivity index (χ3v) is 3.13. The number of carbonyl (C=O) groups is 1. The lowest BCUT2D eigenvalue weighted by atomic mass is 10.1. The molecule has 0 spiro atoms. The van der Waals surface area contributed by atoms with Crippen LogP contribution in [0.5, 0.6) is 5.75 Å². The molecule has 0 aromatic heterocycles. The molecule has 1 amide bonds. The number of aliphatic hydroxyl groups excluding tert-OH is 1. The van der Waals surface area contributed by atoms with Crippen LogP contribution in [-0.2, 0) is 0 Å². The molecule has 2 aromatic carbocycles. The van der Waals surface area contributed by atoms with Crippen molar-refractivity contribution in [3.8, 4) is 5.75 Å². The van der Waals surface area contributed by atoms with E-state index in [0.29, 0.717) is 28.3 Å². The van der Waals surface area contributed by atoms with Gasteiger partial charge in [-0.25, -0.2) is 0 Å². The topological polar surface area (TPSA) is 84.6 Å². The Balaban J connectivity index is 2.31. The highest BCUT2D eigenvalue weighted by molar-refractivity contribution is 6.06. The van der Waals surface area contributed by atoms with Crippen LogP contribution in [0.3, 0.4) is 0 Å². The molecule has 21 heavy (non-hydrogen) atoms. The van der Waals surface area contributed by atoms with E-state index in [1.165, 1.54) is 7.11 Å². The van der Waals surface area contributed by atoms with Crippen LogP contribution in [0.2, 0.25) is 0 Å². The lowest BCUT2D eigenvalue weighted by molar-refractivity contribution is 0.102. The lowest BCUT2D eigenvalue weighted by Crippen LogP contribution is -2.15. The summed E-state index contributed by atoms with van der Waals surface area (Å²) in [5.74, 6) is 0.0852. The van der Waals surface area contributed by atoms with Crippen LogP contribution in [0.1, 0.15) is 28.9 Å². The number of hydrogen-bond acceptors (Lipinski definition) is 4. The molecule has 0 radical (unpaired) electrons. The van der Waals surface area contributed by atoms with Gasteiger partial charge in [-0.15, -0.1) is 0 Å². The summed E-state index contributed by atoms with van der Waals surface area (Å²) in [6.45, 7) is 1.65. The molecule has 0 aliphatic rings. The van der Waals surface area contributed by atoms with E-state index in [0.717, 1.165) is 0 Å². The second-order valence-electron chi connectivity index (χ2n) is 4.68. The number of methoxy groups -OCH3 is 1. The lowest BCUT2D eigenvalue weighted by Gasteiger charge is -2.14. The Labute approximate surface area is 123 Å². The Morgan fingerprint density at radius 3 is 2.67 bits per heavy atom. The molecule has 5 heteroatoms. The molecular weight excluding hydrogens is 268 g/mol. The minimum Gasteiger partial charge on any atom is -0.496 e. The summed E-state index contributed by atoms with van der Waals surface area (Å²) in [5, 5.41) is 12.5. The number of nitrogens with one attached hydrogen (secondary N) is 1. The number of para-hydroxylation sites is 1. The molecule has 2 rings (SSSR count). The Morgan fingerprint density at radius 1 is 1.29 bits per heavy atom. The fourth-order valence-corrected chi connectivity index (χ4v) is 2.06. The SMILES string of the molecule is COc1cc(N)ccc1C(=O)Nc1ccccc1C(C)O. The first-order valence-electron chi connectivity index (χ1n) is 6.54. The van der Waals surface area contributed by atoms with Gasteiger partial charge >= 0.3 is 0 Å². The van der Waals surface area contributed by atoms with Gasteiger partial charge in [-0.2, -0.15) is 0 Å². The zero-order valence-corrected chi connectivity index (χ0v) is 12.0. The highest BCUT2D eigenvalue weighted by Crippen LogP contribution is 2.26. The molecule has 0 fully saturated rings. The van der Waals surface area contributed by atoms with Crippen LogP contribution in [0, 0.1) is 0 Å². The van der Waals surface area contributed by atoms with Gasteiger partial charge in [-0.05, 0) is 25.1 Å². The molecule has 0 saturated heterocycles. The Kier molecular flexibility index (Phi) is 4.45. The summed E-state index contributed by atoms with van der Waals surface area (Å²) in [6.07, 6.45) is -0.671. The Hall–Kier alpha value is -2.53. The monoisotopic (exact) mass is 286 g/mol. The fourth-order valence-electron chi connectivity index (χ4n) is 2.06. The number of amides is 1. The van der Waals surface area contributed by atoms with Crippen LogP contribution >= 0.6 is 0 Å². The molecule has 5 nitrogen and oxygen atoms in total. The first kappa shape index (κ1) is 14.9. The van der Waals surface area contributed by atoms with Gasteiger partial charge in [0.25, 0.3) is 5.91 Å². The molecule has 0 bridgehead atoms. The average molecular weight is 286 g/mol. The number of aliphatic hydroxyl groups is 1. The highest BCUT2D eigenvalue weighted by atomic mass is 16.5. The van der Waals surface area contributed by atoms with Gasteiger partial charge in [0.2, 0.25) is 0 Å². The quantitative estimate of drug-likeness (QED) is 0.754. The van der Waals surface area contributed by atoms with Crippen LogP contribution < -0.4 is 15.8 Å². The molecule has 110 valence electrons. The molecule has 0 aliphatic carbocycles. The minimum atomic E-state index is -0.671. The largest absolute Gasteiger partial charge is 0.496 e. The molecule has 0 saturated carbocycles. The van der Waals surface area contributed by atoms with E-state index in [2.05, 4.69) is 5.32 Å². The average Bonchev–Trinajstić information content (AvgIpc) is 2.47. The van der Waals surface area contributed by atoms with Crippen molar-refractivity contribution in [2.24, 2.45) is 0 Å². The zero-order chi connectivity index (χ0) is 15.4. The van der Waals surface area contributed by atoms with E-state index >= 15 is 0 Å². The van der Waals surface area contributed by atoms with Crippen LogP contribution in [0.4, 0.5) is 11.4 Å². The maximum Gasteiger partial charge on any atom is 0.259 e. The van der Waals surface area contributed by atoms with Gasteiger partial charge in [0.15, 0.2) is 0 Å². The van der Waals surface area contributed by atoms with E-state index in [1.807, 2.05) is 6.07 Å². The number of carbonyl (C=O) groups excluding carboxylic acids is 1. The van der Waals surface area contributed by atoms with Gasteiger partial charge < -0.3 is 20.9 Å². The summed E-state index contributed by atoms with van der Waals surface area (Å²) >= 11 is 0. The molecular formula is C16H18N2O3. The third-order valence-electron chi connectivity index (χ3n) is 3.13. The van der Waals surface area contributed by atoms with E-state index in [4.69, 9.17) is 10.5 Å². The predicted octanol–water partition coefficient (Wildman–Crippen LogP) is 2.58. The van der Waals surface area contributed by atoms with Gasteiger partial charge in [-0.3, -0.25) is 4.79 Å². The second-order valence-corrected chi connectivity index (χ2v) is 4.68. The number of nitrogen functional groups attached to an aromatic ring is 1. The predicted molar refractivity (Wildman–Crippen MR) is 82.4 cm³/mol. The molecule has 1 unspecified atom stereocenters. The first-order valence-corrected chi connectivity index (χ1v) is 6.54. The molecule has 0 aliphatic heterocycles. The molecule has 2 aromatic rings. The number of rotatable bonds is 4. The van der Waals surface area contributed by atoms with Crippen molar-refractivity contribution in [1.29, 1.82) is 0 Å². The molecule has 1 atom stereocenters. The summed E-state index contributed by atoms with van der Waals surface area (Å²) in [4.78, 5) is 12.4. The van der Waals surface area contributed by atoms with E-state index in [9.17, 15) is 9.90 Å². The second kappa shape index (κ2) is 6.28. The zero-order valence-electron chi connectivity index (χ0n) is 12.0. The van der Waals surface area contributed by atoms with E-state index in [-0.39, 0.29) is 5.91 Å². The summed E-state index contributed by atoms with van der Waals surface area (Å²) in [6, 6.07) is 11.9. The van der Waals surface area contributed by atoms with Crippen molar-refractivity contribution in [2.75, 3.05) is 18.2 Å². The van der Waals surface area contributed by atoms with Crippen molar-refractivity contribution >= 4 is 17.3 Å². The van der Waals surface area contributed by atoms with Gasteiger partial charge in [0.05, 0.1) is 18.8 Å². The van der Waals surface area contributed by atoms with Gasteiger partial charge in [-0.1, -0.05) is 18.2 Å². The minimum absolute atomic E-state index is 0.319. The van der Waals surface area contributed by atoms with Crippen molar-refractivity contribution in [3.63, 3.8) is 0 Å². The first-order chi connectivity index (χ1) is 10.0. The Bertz CT molecular complexity index is 654. The summed E-state index contributed by atoms with van der Waals surface area (Å²) in [5.41, 5.74) is 7.80. The summed E-state index contributed by atoms with van der Waals surface area (Å²) in [7, 11) is 1.48. The molecule has 4 N–H and O–H groups in total. The van der Waals surface area contributed by atoms with Crippen molar-refractivity contribution in [3.05, 3.63) is 53.6 Å². The van der Waals surface area contributed by atoms with Gasteiger partial charge in [0.1, 0.15) is 5.75 Å². The number of hydrogen-bond donors (Lipinski definition) is 3. The highest BCUT2D eigenvalue weighted by Gasteiger charge is 2.15. The number of nitrogens with two attached hydrogens (primary N) is 1. The van der Waals surface area contributed by atoms with Crippen LogP contribution in [0.25, 0.3) is 0 Å². The smallest absolute Gasteiger partial charge is 0.259 e. The van der Waals surface area contributed by atoms with Crippen molar-refractivity contribution in [2.45, 2.75) is 13.0 Å².